The van der Waals surface area contributed by atoms with Crippen LogP contribution in [0.1, 0.15) is 25.0 Å². The molecule has 3 saturated heterocycles. The molecule has 0 spiro atoms. The minimum atomic E-state index is -0.287. The quantitative estimate of drug-likeness (QED) is 0.566. The lowest BCUT2D eigenvalue weighted by Crippen LogP contribution is -2.51. The van der Waals surface area contributed by atoms with E-state index < -0.39 is 0 Å². The van der Waals surface area contributed by atoms with Gasteiger partial charge in [-0.05, 0) is 56.2 Å². The molecule has 3 fully saturated rings. The maximum absolute atomic E-state index is 13.3. The Kier molecular flexibility index (Phi) is 5.95. The second kappa shape index (κ2) is 9.41. The Morgan fingerprint density at radius 1 is 0.806 bits per heavy atom. The number of carbonyl (C=O) groups excluding carboxylic acids is 2. The Labute approximate surface area is 211 Å². The van der Waals surface area contributed by atoms with Crippen LogP contribution in [-0.4, -0.2) is 72.5 Å². The Bertz CT molecular complexity index is 1280. The first-order valence-corrected chi connectivity index (χ1v) is 13.0. The highest BCUT2D eigenvalue weighted by atomic mass is 16.2. The number of nitrogens with zero attached hydrogens (tertiary/aromatic N) is 6. The fraction of sp³-hybridized carbons (Fsp3) is 0.429. The van der Waals surface area contributed by atoms with Crippen LogP contribution in [0.2, 0.25) is 0 Å². The van der Waals surface area contributed by atoms with E-state index in [0.29, 0.717) is 32.7 Å². The minimum Gasteiger partial charge on any atom is -0.372 e. The number of fused-ring (bicyclic) bond motifs is 1. The van der Waals surface area contributed by atoms with E-state index in [0.717, 1.165) is 41.3 Å². The van der Waals surface area contributed by atoms with E-state index in [-0.39, 0.29) is 24.2 Å². The van der Waals surface area contributed by atoms with E-state index >= 15 is 0 Å². The number of hydrogen-bond donors (Lipinski definition) is 0. The third-order valence-corrected chi connectivity index (χ3v) is 7.72. The lowest BCUT2D eigenvalue weighted by Gasteiger charge is -2.36. The second-order valence-electron chi connectivity index (χ2n) is 10.0. The normalized spacial score (nSPS) is 20.6. The van der Waals surface area contributed by atoms with Gasteiger partial charge in [0.05, 0.1) is 22.6 Å². The fourth-order valence-corrected chi connectivity index (χ4v) is 5.72. The summed E-state index contributed by atoms with van der Waals surface area (Å²) in [6.45, 7) is 7.31. The molecule has 0 radical (unpaired) electrons. The summed E-state index contributed by atoms with van der Waals surface area (Å²) < 4.78 is 0. The number of para-hydroxylation sites is 2. The molecule has 1 unspecified atom stereocenters. The Balaban J connectivity index is 1.08. The molecule has 3 aliphatic heterocycles. The number of anilines is 3. The summed E-state index contributed by atoms with van der Waals surface area (Å²) in [5.41, 5.74) is 4.78. The molecular formula is C28H32N6O2. The highest BCUT2D eigenvalue weighted by Gasteiger charge is 2.38. The van der Waals surface area contributed by atoms with Gasteiger partial charge in [-0.1, -0.05) is 12.1 Å². The first-order chi connectivity index (χ1) is 17.6. The van der Waals surface area contributed by atoms with Crippen molar-refractivity contribution in [3.8, 4) is 0 Å². The number of rotatable bonds is 4. The summed E-state index contributed by atoms with van der Waals surface area (Å²) in [5, 5.41) is 0. The predicted octanol–water partition coefficient (Wildman–Crippen LogP) is 3.24. The molecule has 0 saturated carbocycles. The van der Waals surface area contributed by atoms with Gasteiger partial charge in [0.25, 0.3) is 0 Å². The van der Waals surface area contributed by atoms with Crippen molar-refractivity contribution in [2.45, 2.75) is 26.2 Å². The van der Waals surface area contributed by atoms with Gasteiger partial charge in [-0.25, -0.2) is 9.97 Å². The lowest BCUT2D eigenvalue weighted by molar-refractivity contribution is -0.136. The average molecular weight is 485 g/mol. The Hall–Kier alpha value is -3.68. The third kappa shape index (κ3) is 4.25. The number of carbonyl (C=O) groups is 2. The molecule has 2 amide bonds. The van der Waals surface area contributed by atoms with Crippen molar-refractivity contribution in [2.24, 2.45) is 5.92 Å². The SMILES string of the molecule is Cc1nc2ccccc2nc1N1CCN(C(=O)C2CC(=O)N(c3ccc(N4CCCC4)cc3)C2)CC1. The van der Waals surface area contributed by atoms with Gasteiger partial charge in [0.15, 0.2) is 5.82 Å². The van der Waals surface area contributed by atoms with E-state index in [9.17, 15) is 9.59 Å². The van der Waals surface area contributed by atoms with Crippen LogP contribution in [0.15, 0.2) is 48.5 Å². The van der Waals surface area contributed by atoms with Gasteiger partial charge in [-0.15, -0.1) is 0 Å². The summed E-state index contributed by atoms with van der Waals surface area (Å²) in [6.07, 6.45) is 2.75. The minimum absolute atomic E-state index is 0.0305. The van der Waals surface area contributed by atoms with E-state index in [1.54, 1.807) is 4.90 Å². The lowest BCUT2D eigenvalue weighted by atomic mass is 10.1. The first-order valence-electron chi connectivity index (χ1n) is 13.0. The van der Waals surface area contributed by atoms with Crippen molar-refractivity contribution < 1.29 is 9.59 Å². The zero-order valence-electron chi connectivity index (χ0n) is 20.8. The van der Waals surface area contributed by atoms with E-state index in [1.165, 1.54) is 18.5 Å². The average Bonchev–Trinajstić information content (AvgIpc) is 3.58. The number of aryl methyl sites for hydroxylation is 1. The number of amides is 2. The summed E-state index contributed by atoms with van der Waals surface area (Å²) >= 11 is 0. The van der Waals surface area contributed by atoms with Crippen LogP contribution in [-0.2, 0) is 9.59 Å². The molecule has 3 aliphatic rings. The van der Waals surface area contributed by atoms with Crippen LogP contribution in [0.4, 0.5) is 17.2 Å². The number of benzene rings is 2. The fourth-order valence-electron chi connectivity index (χ4n) is 5.72. The summed E-state index contributed by atoms with van der Waals surface area (Å²) in [7, 11) is 0. The van der Waals surface area contributed by atoms with Crippen LogP contribution in [0.5, 0.6) is 0 Å². The van der Waals surface area contributed by atoms with Crippen LogP contribution >= 0.6 is 0 Å². The van der Waals surface area contributed by atoms with Gasteiger partial charge in [0.2, 0.25) is 11.8 Å². The maximum Gasteiger partial charge on any atom is 0.228 e. The largest absolute Gasteiger partial charge is 0.372 e. The van der Waals surface area contributed by atoms with Crippen LogP contribution in [0, 0.1) is 12.8 Å². The molecule has 2 aromatic carbocycles. The zero-order chi connectivity index (χ0) is 24.6. The van der Waals surface area contributed by atoms with Crippen LogP contribution in [0.25, 0.3) is 11.0 Å². The molecule has 8 nitrogen and oxygen atoms in total. The molecule has 186 valence electrons. The Morgan fingerprint density at radius 2 is 1.44 bits per heavy atom. The van der Waals surface area contributed by atoms with Gasteiger partial charge >= 0.3 is 0 Å². The highest BCUT2D eigenvalue weighted by Crippen LogP contribution is 2.30. The summed E-state index contributed by atoms with van der Waals surface area (Å²) in [5.74, 6) is 0.716. The van der Waals surface area contributed by atoms with Gasteiger partial charge in [0, 0.05) is 63.6 Å². The number of piperazine rings is 1. The monoisotopic (exact) mass is 484 g/mol. The second-order valence-corrected chi connectivity index (χ2v) is 10.0. The van der Waals surface area contributed by atoms with Gasteiger partial charge in [-0.3, -0.25) is 9.59 Å². The zero-order valence-corrected chi connectivity index (χ0v) is 20.8. The molecule has 3 aromatic rings. The molecule has 0 N–H and O–H groups in total. The van der Waals surface area contributed by atoms with Crippen molar-refractivity contribution in [2.75, 3.05) is 60.5 Å². The van der Waals surface area contributed by atoms with E-state index in [4.69, 9.17) is 9.97 Å². The topological polar surface area (TPSA) is 72.9 Å². The van der Waals surface area contributed by atoms with Crippen molar-refractivity contribution in [3.63, 3.8) is 0 Å². The van der Waals surface area contributed by atoms with Crippen molar-refractivity contribution in [1.82, 2.24) is 14.9 Å². The number of aromatic nitrogens is 2. The van der Waals surface area contributed by atoms with Crippen molar-refractivity contribution >= 4 is 40.0 Å². The standard InChI is InChI=1S/C28H32N6O2/c1-20-27(30-25-7-3-2-6-24(25)29-20)32-14-16-33(17-15-32)28(36)21-18-26(35)34(19-21)23-10-8-22(9-11-23)31-12-4-5-13-31/h2-3,6-11,21H,4-5,12-19H2,1H3. The predicted molar refractivity (Wildman–Crippen MR) is 141 cm³/mol. The van der Waals surface area contributed by atoms with Crippen molar-refractivity contribution in [3.05, 3.63) is 54.2 Å². The van der Waals surface area contributed by atoms with E-state index in [2.05, 4.69) is 21.9 Å². The molecule has 8 heteroatoms. The van der Waals surface area contributed by atoms with Crippen molar-refractivity contribution in [1.29, 1.82) is 0 Å². The molecule has 0 bridgehead atoms. The molecule has 0 aliphatic carbocycles. The van der Waals surface area contributed by atoms with Gasteiger partial charge in [-0.2, -0.15) is 0 Å². The number of hydrogen-bond acceptors (Lipinski definition) is 6. The molecule has 6 rings (SSSR count). The van der Waals surface area contributed by atoms with Gasteiger partial charge < -0.3 is 19.6 Å². The van der Waals surface area contributed by atoms with E-state index in [1.807, 2.05) is 48.2 Å². The molecule has 1 aromatic heterocycles. The third-order valence-electron chi connectivity index (χ3n) is 7.72. The van der Waals surface area contributed by atoms with Crippen LogP contribution < -0.4 is 14.7 Å². The molecule has 4 heterocycles. The smallest absolute Gasteiger partial charge is 0.228 e. The highest BCUT2D eigenvalue weighted by molar-refractivity contribution is 6.00. The van der Waals surface area contributed by atoms with Gasteiger partial charge in [0.1, 0.15) is 0 Å². The summed E-state index contributed by atoms with van der Waals surface area (Å²) in [4.78, 5) is 44.0. The first kappa shape index (κ1) is 22.8. The van der Waals surface area contributed by atoms with Crippen LogP contribution in [0.3, 0.4) is 0 Å². The molecule has 36 heavy (non-hydrogen) atoms. The summed E-state index contributed by atoms with van der Waals surface area (Å²) in [6, 6.07) is 16.1. The maximum atomic E-state index is 13.3. The Morgan fingerprint density at radius 3 is 2.14 bits per heavy atom. The molecule has 1 atom stereocenters. The molecular weight excluding hydrogens is 452 g/mol.